The Labute approximate surface area is 162 Å². The van der Waals surface area contributed by atoms with Gasteiger partial charge in [-0.3, -0.25) is 10.3 Å². The predicted molar refractivity (Wildman–Crippen MR) is 98.0 cm³/mol. The molecule has 8 nitrogen and oxygen atoms in total. The number of benzene rings is 1. The number of likely N-dealkylation sites (N-methyl/N-ethyl adjacent to an activating group) is 1. The van der Waals surface area contributed by atoms with E-state index < -0.39 is 23.6 Å². The lowest BCUT2D eigenvalue weighted by Gasteiger charge is -2.60. The van der Waals surface area contributed by atoms with Crippen molar-refractivity contribution in [3.05, 3.63) is 34.7 Å². The molecule has 1 fully saturated rings. The number of likely N-dealkylation sites (tertiary alicyclic amines) is 1. The molecule has 5 rings (SSSR count). The summed E-state index contributed by atoms with van der Waals surface area (Å²) >= 11 is 0. The third kappa shape index (κ3) is 2.02. The summed E-state index contributed by atoms with van der Waals surface area (Å²) in [5.74, 6) is 0.891. The fraction of sp³-hybridized carbons (Fsp3) is 0.550. The van der Waals surface area contributed by atoms with Gasteiger partial charge in [0, 0.05) is 11.6 Å². The van der Waals surface area contributed by atoms with Crippen molar-refractivity contribution in [3.63, 3.8) is 0 Å². The summed E-state index contributed by atoms with van der Waals surface area (Å²) in [7, 11) is 3.67. The van der Waals surface area contributed by atoms with Crippen molar-refractivity contribution in [1.29, 1.82) is 0 Å². The van der Waals surface area contributed by atoms with Gasteiger partial charge in [0.2, 0.25) is 0 Å². The highest BCUT2D eigenvalue weighted by molar-refractivity contribution is 5.68. The Balaban J connectivity index is 1.70. The number of carboxylic acids is 1. The SMILES string of the molecule is COc1ccc2c3c1OC1=C(NOCC(=O)O)CC[C@@]4(O)C(C2)N(C)CC[C@@]134. The summed E-state index contributed by atoms with van der Waals surface area (Å²) in [5.41, 5.74) is 4.04. The van der Waals surface area contributed by atoms with Crippen molar-refractivity contribution in [3.8, 4) is 11.5 Å². The number of aliphatic carboxylic acids is 1. The van der Waals surface area contributed by atoms with E-state index in [0.717, 1.165) is 18.5 Å². The van der Waals surface area contributed by atoms with Crippen molar-refractivity contribution < 1.29 is 29.3 Å². The minimum atomic E-state index is -1.06. The van der Waals surface area contributed by atoms with Gasteiger partial charge in [0.05, 0.1) is 23.8 Å². The quantitative estimate of drug-likeness (QED) is 0.641. The molecule has 150 valence electrons. The number of allylic oxidation sites excluding steroid dienone is 1. The van der Waals surface area contributed by atoms with Crippen molar-refractivity contribution in [1.82, 2.24) is 10.4 Å². The molecule has 2 heterocycles. The maximum atomic E-state index is 12.0. The van der Waals surface area contributed by atoms with E-state index in [-0.39, 0.29) is 6.04 Å². The van der Waals surface area contributed by atoms with Crippen molar-refractivity contribution in [2.75, 3.05) is 27.3 Å². The number of piperidine rings is 1. The van der Waals surface area contributed by atoms with Crippen LogP contribution in [0, 0.1) is 0 Å². The van der Waals surface area contributed by atoms with Crippen LogP contribution in [0.15, 0.2) is 23.6 Å². The zero-order valence-corrected chi connectivity index (χ0v) is 15.9. The summed E-state index contributed by atoms with van der Waals surface area (Å²) in [6.45, 7) is 0.375. The lowest BCUT2D eigenvalue weighted by molar-refractivity contribution is -0.148. The van der Waals surface area contributed by atoms with E-state index in [9.17, 15) is 9.90 Å². The molecule has 3 atom stereocenters. The molecule has 1 spiro atoms. The van der Waals surface area contributed by atoms with Crippen LogP contribution in [0.3, 0.4) is 0 Å². The first-order valence-corrected chi connectivity index (χ1v) is 9.56. The number of hydroxylamine groups is 1. The van der Waals surface area contributed by atoms with Crippen LogP contribution >= 0.6 is 0 Å². The minimum absolute atomic E-state index is 0.00631. The van der Waals surface area contributed by atoms with E-state index in [1.807, 2.05) is 6.07 Å². The number of nitrogens with zero attached hydrogens (tertiary/aromatic N) is 1. The van der Waals surface area contributed by atoms with Crippen LogP contribution in [-0.2, 0) is 21.5 Å². The Morgan fingerprint density at radius 2 is 2.25 bits per heavy atom. The molecule has 1 aromatic rings. The number of methoxy groups -OCH3 is 1. The van der Waals surface area contributed by atoms with E-state index in [1.54, 1.807) is 7.11 Å². The molecule has 3 N–H and O–H groups in total. The summed E-state index contributed by atoms with van der Waals surface area (Å²) in [4.78, 5) is 18.2. The summed E-state index contributed by atoms with van der Waals surface area (Å²) in [6, 6.07) is 3.98. The maximum Gasteiger partial charge on any atom is 0.332 e. The first kappa shape index (κ1) is 17.8. The van der Waals surface area contributed by atoms with Crippen LogP contribution in [0.1, 0.15) is 30.4 Å². The highest BCUT2D eigenvalue weighted by Crippen LogP contribution is 2.66. The largest absolute Gasteiger partial charge is 0.493 e. The molecule has 0 saturated carbocycles. The third-order valence-electron chi connectivity index (χ3n) is 6.94. The number of carboxylic acid groups (broad SMARTS) is 1. The molecular formula is C20H24N2O6. The Kier molecular flexibility index (Phi) is 3.72. The van der Waals surface area contributed by atoms with Gasteiger partial charge in [0.25, 0.3) is 0 Å². The molecule has 2 aliphatic heterocycles. The highest BCUT2D eigenvalue weighted by atomic mass is 16.7. The van der Waals surface area contributed by atoms with Crippen molar-refractivity contribution in [2.45, 2.75) is 42.7 Å². The van der Waals surface area contributed by atoms with Crippen LogP contribution in [-0.4, -0.2) is 60.0 Å². The minimum Gasteiger partial charge on any atom is -0.493 e. The molecule has 1 saturated heterocycles. The van der Waals surface area contributed by atoms with Gasteiger partial charge in [-0.05, 0) is 50.9 Å². The third-order valence-corrected chi connectivity index (χ3v) is 6.94. The maximum absolute atomic E-state index is 12.0. The summed E-state index contributed by atoms with van der Waals surface area (Å²) < 4.78 is 11.9. The zero-order chi connectivity index (χ0) is 19.7. The van der Waals surface area contributed by atoms with Gasteiger partial charge in [-0.1, -0.05) is 6.07 Å². The molecule has 2 aliphatic carbocycles. The van der Waals surface area contributed by atoms with Crippen molar-refractivity contribution >= 4 is 5.97 Å². The monoisotopic (exact) mass is 388 g/mol. The Morgan fingerprint density at radius 1 is 1.43 bits per heavy atom. The first-order valence-electron chi connectivity index (χ1n) is 9.56. The Morgan fingerprint density at radius 3 is 3.00 bits per heavy atom. The van der Waals surface area contributed by atoms with E-state index in [4.69, 9.17) is 19.4 Å². The zero-order valence-electron chi connectivity index (χ0n) is 15.9. The second-order valence-corrected chi connectivity index (χ2v) is 8.11. The molecule has 0 amide bonds. The molecule has 0 aromatic heterocycles. The standard InChI is InChI=1S/C20H24N2O6/c1-22-8-7-19-16-11-3-4-13(26-2)17(16)28-18(19)12(21-27-10-15(23)24)5-6-20(19,25)14(22)9-11/h3-4,14,21,25H,5-10H2,1-2H3,(H,23,24)/t14?,19-,20+/m0/s1. The average molecular weight is 388 g/mol. The molecule has 1 aromatic carbocycles. The van der Waals surface area contributed by atoms with Gasteiger partial charge in [0.1, 0.15) is 5.76 Å². The van der Waals surface area contributed by atoms with E-state index in [1.165, 1.54) is 5.56 Å². The second kappa shape index (κ2) is 5.85. The molecule has 1 unspecified atom stereocenters. The summed E-state index contributed by atoms with van der Waals surface area (Å²) in [5, 5.41) is 20.9. The molecule has 0 radical (unpaired) electrons. The molecule has 8 heteroatoms. The number of carbonyl (C=O) groups is 1. The number of ether oxygens (including phenoxy) is 2. The smallest absolute Gasteiger partial charge is 0.332 e. The van der Waals surface area contributed by atoms with Gasteiger partial charge >= 0.3 is 5.97 Å². The number of hydrogen-bond donors (Lipinski definition) is 3. The van der Waals surface area contributed by atoms with Gasteiger partial charge in [0.15, 0.2) is 18.1 Å². The number of hydrogen-bond acceptors (Lipinski definition) is 7. The normalized spacial score (nSPS) is 32.6. The molecule has 28 heavy (non-hydrogen) atoms. The summed E-state index contributed by atoms with van der Waals surface area (Å²) in [6.07, 6.45) is 2.53. The topological polar surface area (TPSA) is 100 Å². The highest BCUT2D eigenvalue weighted by Gasteiger charge is 2.70. The number of nitrogens with one attached hydrogen (secondary N) is 1. The van der Waals surface area contributed by atoms with Crippen LogP contribution in [0.25, 0.3) is 0 Å². The Hall–Kier alpha value is -2.29. The van der Waals surface area contributed by atoms with Gasteiger partial charge < -0.3 is 24.6 Å². The lowest BCUT2D eigenvalue weighted by atomic mass is 9.51. The number of aliphatic hydroxyl groups is 1. The molecular weight excluding hydrogens is 364 g/mol. The van der Waals surface area contributed by atoms with Gasteiger partial charge in [-0.15, -0.1) is 0 Å². The van der Waals surface area contributed by atoms with Crippen molar-refractivity contribution in [2.24, 2.45) is 0 Å². The number of rotatable bonds is 5. The first-order chi connectivity index (χ1) is 13.4. The van der Waals surface area contributed by atoms with Gasteiger partial charge in [-0.25, -0.2) is 4.79 Å². The fourth-order valence-electron chi connectivity index (χ4n) is 5.77. The molecule has 2 bridgehead atoms. The molecule has 4 aliphatic rings. The van der Waals surface area contributed by atoms with Crippen LogP contribution in [0.2, 0.25) is 0 Å². The Bertz CT molecular complexity index is 899. The van der Waals surface area contributed by atoms with E-state index >= 15 is 0 Å². The van der Waals surface area contributed by atoms with Crippen LogP contribution in [0.5, 0.6) is 11.5 Å². The lowest BCUT2D eigenvalue weighted by Crippen LogP contribution is -2.72. The van der Waals surface area contributed by atoms with E-state index in [2.05, 4.69) is 23.5 Å². The average Bonchev–Trinajstić information content (AvgIpc) is 3.01. The van der Waals surface area contributed by atoms with E-state index in [0.29, 0.717) is 42.2 Å². The predicted octanol–water partition coefficient (Wildman–Crippen LogP) is 0.928. The fourth-order valence-corrected chi connectivity index (χ4v) is 5.77. The second-order valence-electron chi connectivity index (χ2n) is 8.11. The van der Waals surface area contributed by atoms with Crippen LogP contribution < -0.4 is 15.0 Å². The van der Waals surface area contributed by atoms with Gasteiger partial charge in [-0.2, -0.15) is 0 Å². The van der Waals surface area contributed by atoms with Crippen LogP contribution in [0.4, 0.5) is 0 Å².